The van der Waals surface area contributed by atoms with Crippen molar-refractivity contribution in [3.63, 3.8) is 0 Å². The molecule has 1 nitrogen and oxygen atoms in total. The highest BCUT2D eigenvalue weighted by molar-refractivity contribution is 7.00. The Labute approximate surface area is 108 Å². The predicted molar refractivity (Wildman–Crippen MR) is 75.5 cm³/mol. The molecular formula is C15H17FOSi. The van der Waals surface area contributed by atoms with Gasteiger partial charge < -0.3 is 5.11 Å². The molecule has 3 heteroatoms. The van der Waals surface area contributed by atoms with Crippen LogP contribution in [0.3, 0.4) is 0 Å². The van der Waals surface area contributed by atoms with Gasteiger partial charge >= 0.3 is 0 Å². The molecule has 0 aliphatic heterocycles. The first kappa shape index (κ1) is 13.0. The summed E-state index contributed by atoms with van der Waals surface area (Å²) in [5.74, 6) is -0.209. The van der Waals surface area contributed by atoms with Gasteiger partial charge in [0.25, 0.3) is 0 Å². The highest BCUT2D eigenvalue weighted by atomic mass is 28.3. The summed E-state index contributed by atoms with van der Waals surface area (Å²) in [6.07, 6.45) is 0. The first-order valence-electron chi connectivity index (χ1n) is 6.01. The van der Waals surface area contributed by atoms with E-state index in [4.69, 9.17) is 0 Å². The predicted octanol–water partition coefficient (Wildman–Crippen LogP) is 2.14. The minimum Gasteiger partial charge on any atom is -0.392 e. The largest absolute Gasteiger partial charge is 0.392 e. The van der Waals surface area contributed by atoms with E-state index < -0.39 is 8.07 Å². The Bertz CT molecular complexity index is 534. The van der Waals surface area contributed by atoms with Crippen LogP contribution in [0.25, 0.3) is 0 Å². The normalized spacial score (nSPS) is 11.6. The van der Waals surface area contributed by atoms with Gasteiger partial charge in [-0.05, 0) is 22.9 Å². The molecule has 0 unspecified atom stereocenters. The van der Waals surface area contributed by atoms with Gasteiger partial charge in [0.2, 0.25) is 0 Å². The van der Waals surface area contributed by atoms with Crippen LogP contribution >= 0.6 is 0 Å². The Morgan fingerprint density at radius 3 is 2.22 bits per heavy atom. The molecule has 1 N–H and O–H groups in total. The fourth-order valence-corrected chi connectivity index (χ4v) is 5.08. The molecule has 0 radical (unpaired) electrons. The molecular weight excluding hydrogens is 243 g/mol. The Balaban J connectivity index is 2.50. The van der Waals surface area contributed by atoms with Crippen LogP contribution in [0.4, 0.5) is 4.39 Å². The van der Waals surface area contributed by atoms with Gasteiger partial charge in [-0.1, -0.05) is 54.7 Å². The molecule has 0 aliphatic carbocycles. The maximum absolute atomic E-state index is 13.0. The van der Waals surface area contributed by atoms with E-state index in [1.165, 1.54) is 22.5 Å². The minimum atomic E-state index is -1.87. The van der Waals surface area contributed by atoms with Crippen LogP contribution in [-0.2, 0) is 6.61 Å². The van der Waals surface area contributed by atoms with Gasteiger partial charge in [-0.25, -0.2) is 4.39 Å². The van der Waals surface area contributed by atoms with E-state index in [2.05, 4.69) is 19.2 Å². The minimum absolute atomic E-state index is 0.0494. The van der Waals surface area contributed by atoms with Crippen molar-refractivity contribution in [1.82, 2.24) is 0 Å². The molecule has 0 heterocycles. The molecule has 0 amide bonds. The number of benzene rings is 2. The molecule has 0 aliphatic rings. The van der Waals surface area contributed by atoms with Crippen LogP contribution in [0.15, 0.2) is 48.5 Å². The molecule has 0 saturated carbocycles. The molecule has 0 aromatic heterocycles. The zero-order valence-corrected chi connectivity index (χ0v) is 11.7. The zero-order chi connectivity index (χ0) is 13.2. The number of halogens is 1. The summed E-state index contributed by atoms with van der Waals surface area (Å²) in [5.41, 5.74) is 0.971. The van der Waals surface area contributed by atoms with Crippen molar-refractivity contribution < 1.29 is 9.50 Å². The van der Waals surface area contributed by atoms with E-state index in [-0.39, 0.29) is 12.4 Å². The molecule has 18 heavy (non-hydrogen) atoms. The maximum atomic E-state index is 13.0. The number of hydrogen-bond donors (Lipinski definition) is 1. The fraction of sp³-hybridized carbons (Fsp3) is 0.200. The summed E-state index contributed by atoms with van der Waals surface area (Å²) in [4.78, 5) is 0. The molecule has 0 fully saturated rings. The molecule has 2 aromatic rings. The van der Waals surface area contributed by atoms with E-state index >= 15 is 0 Å². The van der Waals surface area contributed by atoms with Crippen LogP contribution in [-0.4, -0.2) is 13.2 Å². The smallest absolute Gasteiger partial charge is 0.123 e. The van der Waals surface area contributed by atoms with Crippen LogP contribution in [0, 0.1) is 5.82 Å². The van der Waals surface area contributed by atoms with E-state index in [9.17, 15) is 9.50 Å². The van der Waals surface area contributed by atoms with Crippen molar-refractivity contribution in [3.8, 4) is 0 Å². The summed E-state index contributed by atoms with van der Waals surface area (Å²) < 4.78 is 13.0. The summed E-state index contributed by atoms with van der Waals surface area (Å²) >= 11 is 0. The lowest BCUT2D eigenvalue weighted by Gasteiger charge is -2.26. The van der Waals surface area contributed by atoms with Crippen LogP contribution < -0.4 is 10.4 Å². The van der Waals surface area contributed by atoms with Gasteiger partial charge in [0.05, 0.1) is 6.61 Å². The first-order chi connectivity index (χ1) is 8.55. The number of aliphatic hydroxyl groups is 1. The SMILES string of the molecule is C[Si](C)(c1ccc(F)cc1)c1ccccc1CO. The molecule has 0 spiro atoms. The number of rotatable bonds is 3. The molecule has 0 saturated heterocycles. The molecule has 2 rings (SSSR count). The van der Waals surface area contributed by atoms with Crippen molar-refractivity contribution in [1.29, 1.82) is 0 Å². The lowest BCUT2D eigenvalue weighted by atomic mass is 10.2. The fourth-order valence-electron chi connectivity index (χ4n) is 2.29. The highest BCUT2D eigenvalue weighted by Crippen LogP contribution is 2.09. The van der Waals surface area contributed by atoms with Gasteiger partial charge in [0.15, 0.2) is 0 Å². The topological polar surface area (TPSA) is 20.2 Å². The Morgan fingerprint density at radius 1 is 1.00 bits per heavy atom. The summed E-state index contributed by atoms with van der Waals surface area (Å²) in [5, 5.41) is 11.8. The van der Waals surface area contributed by atoms with Gasteiger partial charge in [0, 0.05) is 0 Å². The molecule has 0 atom stereocenters. The van der Waals surface area contributed by atoms with Crippen LogP contribution in [0.2, 0.25) is 13.1 Å². The average molecular weight is 260 g/mol. The molecule has 0 bridgehead atoms. The van der Waals surface area contributed by atoms with Gasteiger partial charge in [-0.3, -0.25) is 0 Å². The lowest BCUT2D eigenvalue weighted by Crippen LogP contribution is -2.54. The third-order valence-corrected chi connectivity index (χ3v) is 7.04. The van der Waals surface area contributed by atoms with Crippen molar-refractivity contribution >= 4 is 18.4 Å². The quantitative estimate of drug-likeness (QED) is 0.838. The number of hydrogen-bond acceptors (Lipinski definition) is 1. The third kappa shape index (κ3) is 2.37. The summed E-state index contributed by atoms with van der Waals surface area (Å²) in [6, 6.07) is 14.7. The van der Waals surface area contributed by atoms with Crippen molar-refractivity contribution in [2.75, 3.05) is 0 Å². The van der Waals surface area contributed by atoms with E-state index in [0.29, 0.717) is 0 Å². The second-order valence-corrected chi connectivity index (χ2v) is 9.31. The van der Waals surface area contributed by atoms with Gasteiger partial charge in [-0.2, -0.15) is 0 Å². The van der Waals surface area contributed by atoms with E-state index in [1.54, 1.807) is 0 Å². The Hall–Kier alpha value is -1.45. The maximum Gasteiger partial charge on any atom is 0.123 e. The monoisotopic (exact) mass is 260 g/mol. The average Bonchev–Trinajstić information content (AvgIpc) is 2.39. The summed E-state index contributed by atoms with van der Waals surface area (Å²) in [6.45, 7) is 4.48. The Kier molecular flexibility index (Phi) is 3.64. The van der Waals surface area contributed by atoms with Gasteiger partial charge in [-0.15, -0.1) is 0 Å². The van der Waals surface area contributed by atoms with Crippen molar-refractivity contribution in [3.05, 3.63) is 59.9 Å². The first-order valence-corrected chi connectivity index (χ1v) is 9.01. The number of aliphatic hydroxyl groups excluding tert-OH is 1. The van der Waals surface area contributed by atoms with Crippen molar-refractivity contribution in [2.45, 2.75) is 19.7 Å². The van der Waals surface area contributed by atoms with E-state index in [0.717, 1.165) is 5.56 Å². The second-order valence-electron chi connectivity index (χ2n) is 4.95. The molecule has 94 valence electrons. The van der Waals surface area contributed by atoms with Crippen LogP contribution in [0.1, 0.15) is 5.56 Å². The van der Waals surface area contributed by atoms with Crippen LogP contribution in [0.5, 0.6) is 0 Å². The van der Waals surface area contributed by atoms with E-state index in [1.807, 2.05) is 30.3 Å². The second kappa shape index (κ2) is 5.04. The summed E-state index contributed by atoms with van der Waals surface area (Å²) in [7, 11) is -1.87. The lowest BCUT2D eigenvalue weighted by molar-refractivity contribution is 0.283. The van der Waals surface area contributed by atoms with Crippen molar-refractivity contribution in [2.24, 2.45) is 0 Å². The third-order valence-electron chi connectivity index (χ3n) is 3.43. The van der Waals surface area contributed by atoms with Gasteiger partial charge in [0.1, 0.15) is 13.9 Å². The Morgan fingerprint density at radius 2 is 1.61 bits per heavy atom. The molecule has 2 aromatic carbocycles. The highest BCUT2D eigenvalue weighted by Gasteiger charge is 2.27. The standard InChI is InChI=1S/C15H17FOSi/c1-18(2,14-9-7-13(16)8-10-14)15-6-4-3-5-12(15)11-17/h3-10,17H,11H2,1-2H3. The zero-order valence-electron chi connectivity index (χ0n) is 10.7.